The molecule has 0 bridgehead atoms. The van der Waals surface area contributed by atoms with Crippen molar-refractivity contribution in [2.75, 3.05) is 20.3 Å². The SMILES string of the molecule is COCCNCc1cc(C)cs1. The Morgan fingerprint density at radius 1 is 1.58 bits per heavy atom. The molecule has 12 heavy (non-hydrogen) atoms. The first-order valence-corrected chi connectivity index (χ1v) is 4.94. The molecule has 0 aromatic carbocycles. The Balaban J connectivity index is 2.15. The van der Waals surface area contributed by atoms with Crippen molar-refractivity contribution in [3.8, 4) is 0 Å². The van der Waals surface area contributed by atoms with E-state index in [1.165, 1.54) is 10.4 Å². The van der Waals surface area contributed by atoms with E-state index in [0.29, 0.717) is 0 Å². The summed E-state index contributed by atoms with van der Waals surface area (Å²) < 4.78 is 4.93. The minimum absolute atomic E-state index is 0.782. The summed E-state index contributed by atoms with van der Waals surface area (Å²) in [7, 11) is 1.72. The molecule has 0 radical (unpaired) electrons. The Kier molecular flexibility index (Phi) is 4.29. The second kappa shape index (κ2) is 5.30. The summed E-state index contributed by atoms with van der Waals surface area (Å²) in [4.78, 5) is 1.39. The van der Waals surface area contributed by atoms with Crippen LogP contribution in [0, 0.1) is 6.92 Å². The molecular weight excluding hydrogens is 170 g/mol. The van der Waals surface area contributed by atoms with Gasteiger partial charge in [-0.05, 0) is 23.9 Å². The molecule has 1 rings (SSSR count). The van der Waals surface area contributed by atoms with Crippen LogP contribution in [0.5, 0.6) is 0 Å². The van der Waals surface area contributed by atoms with Crippen molar-refractivity contribution < 1.29 is 4.74 Å². The lowest BCUT2D eigenvalue weighted by molar-refractivity contribution is 0.199. The second-order valence-corrected chi connectivity index (χ2v) is 3.76. The third-order valence-electron chi connectivity index (χ3n) is 1.57. The average Bonchev–Trinajstić information content (AvgIpc) is 2.45. The number of ether oxygens (including phenoxy) is 1. The molecule has 0 aliphatic rings. The van der Waals surface area contributed by atoms with Crippen molar-refractivity contribution in [2.45, 2.75) is 13.5 Å². The molecule has 1 aromatic rings. The molecule has 1 aromatic heterocycles. The molecule has 3 heteroatoms. The number of aryl methyl sites for hydroxylation is 1. The first-order valence-electron chi connectivity index (χ1n) is 4.06. The van der Waals surface area contributed by atoms with E-state index in [9.17, 15) is 0 Å². The highest BCUT2D eigenvalue weighted by Crippen LogP contribution is 2.12. The van der Waals surface area contributed by atoms with Gasteiger partial charge in [0.2, 0.25) is 0 Å². The average molecular weight is 185 g/mol. The van der Waals surface area contributed by atoms with Gasteiger partial charge in [0.25, 0.3) is 0 Å². The van der Waals surface area contributed by atoms with Crippen LogP contribution in [0.2, 0.25) is 0 Å². The molecule has 0 unspecified atom stereocenters. The molecule has 2 nitrogen and oxygen atoms in total. The van der Waals surface area contributed by atoms with Crippen LogP contribution in [0.4, 0.5) is 0 Å². The maximum absolute atomic E-state index is 4.93. The van der Waals surface area contributed by atoms with Crippen LogP contribution < -0.4 is 5.32 Å². The largest absolute Gasteiger partial charge is 0.383 e. The van der Waals surface area contributed by atoms with Gasteiger partial charge < -0.3 is 10.1 Å². The number of hydrogen-bond acceptors (Lipinski definition) is 3. The predicted molar refractivity (Wildman–Crippen MR) is 52.6 cm³/mol. The summed E-state index contributed by atoms with van der Waals surface area (Å²) in [5.74, 6) is 0. The second-order valence-electron chi connectivity index (χ2n) is 2.76. The third kappa shape index (κ3) is 3.34. The number of thiophene rings is 1. The van der Waals surface area contributed by atoms with Gasteiger partial charge in [0.05, 0.1) is 6.61 Å². The number of hydrogen-bond donors (Lipinski definition) is 1. The zero-order chi connectivity index (χ0) is 8.81. The van der Waals surface area contributed by atoms with E-state index < -0.39 is 0 Å². The fraction of sp³-hybridized carbons (Fsp3) is 0.556. The van der Waals surface area contributed by atoms with Crippen LogP contribution in [0.25, 0.3) is 0 Å². The van der Waals surface area contributed by atoms with E-state index in [0.717, 1.165) is 19.7 Å². The maximum Gasteiger partial charge on any atom is 0.0587 e. The molecule has 0 saturated carbocycles. The number of nitrogens with one attached hydrogen (secondary N) is 1. The molecule has 1 N–H and O–H groups in total. The number of methoxy groups -OCH3 is 1. The monoisotopic (exact) mass is 185 g/mol. The maximum atomic E-state index is 4.93. The Morgan fingerprint density at radius 2 is 2.42 bits per heavy atom. The Hall–Kier alpha value is -0.380. The molecule has 0 amide bonds. The van der Waals surface area contributed by atoms with Gasteiger partial charge in [0, 0.05) is 25.1 Å². The van der Waals surface area contributed by atoms with E-state index in [1.54, 1.807) is 18.4 Å². The quantitative estimate of drug-likeness (QED) is 0.706. The lowest BCUT2D eigenvalue weighted by Gasteiger charge is -2.00. The van der Waals surface area contributed by atoms with Crippen LogP contribution in [0.3, 0.4) is 0 Å². The molecule has 68 valence electrons. The highest BCUT2D eigenvalue weighted by atomic mass is 32.1. The highest BCUT2D eigenvalue weighted by Gasteiger charge is 1.94. The minimum Gasteiger partial charge on any atom is -0.383 e. The smallest absolute Gasteiger partial charge is 0.0587 e. The topological polar surface area (TPSA) is 21.3 Å². The van der Waals surface area contributed by atoms with Gasteiger partial charge in [-0.25, -0.2) is 0 Å². The molecule has 0 aliphatic heterocycles. The van der Waals surface area contributed by atoms with Gasteiger partial charge in [0.15, 0.2) is 0 Å². The minimum atomic E-state index is 0.782. The van der Waals surface area contributed by atoms with Crippen molar-refractivity contribution in [1.29, 1.82) is 0 Å². The van der Waals surface area contributed by atoms with E-state index in [2.05, 4.69) is 23.7 Å². The molecular formula is C9H15NOS. The van der Waals surface area contributed by atoms with Crippen LogP contribution in [0.15, 0.2) is 11.4 Å². The fourth-order valence-electron chi connectivity index (χ4n) is 0.969. The standard InChI is InChI=1S/C9H15NOS/c1-8-5-9(12-7-8)6-10-3-4-11-2/h5,7,10H,3-4,6H2,1-2H3. The summed E-state index contributed by atoms with van der Waals surface area (Å²) >= 11 is 1.80. The summed E-state index contributed by atoms with van der Waals surface area (Å²) in [6.45, 7) is 4.79. The molecule has 0 aliphatic carbocycles. The van der Waals surface area contributed by atoms with Crippen molar-refractivity contribution in [3.63, 3.8) is 0 Å². The molecule has 0 fully saturated rings. The van der Waals surface area contributed by atoms with Crippen molar-refractivity contribution in [2.24, 2.45) is 0 Å². The van der Waals surface area contributed by atoms with Crippen molar-refractivity contribution >= 4 is 11.3 Å². The zero-order valence-corrected chi connectivity index (χ0v) is 8.41. The summed E-state index contributed by atoms with van der Waals surface area (Å²) in [6.07, 6.45) is 0. The predicted octanol–water partition coefficient (Wildman–Crippen LogP) is 1.79. The third-order valence-corrected chi connectivity index (χ3v) is 2.62. The van der Waals surface area contributed by atoms with Crippen LogP contribution in [-0.2, 0) is 11.3 Å². The zero-order valence-electron chi connectivity index (χ0n) is 7.59. The van der Waals surface area contributed by atoms with Gasteiger partial charge in [-0.3, -0.25) is 0 Å². The van der Waals surface area contributed by atoms with E-state index in [1.807, 2.05) is 0 Å². The fourth-order valence-corrected chi connectivity index (χ4v) is 1.81. The Morgan fingerprint density at radius 3 is 3.00 bits per heavy atom. The van der Waals surface area contributed by atoms with Crippen LogP contribution >= 0.6 is 11.3 Å². The van der Waals surface area contributed by atoms with Gasteiger partial charge >= 0.3 is 0 Å². The normalized spacial score (nSPS) is 10.5. The van der Waals surface area contributed by atoms with Gasteiger partial charge in [-0.2, -0.15) is 0 Å². The molecule has 0 spiro atoms. The van der Waals surface area contributed by atoms with Gasteiger partial charge in [0.1, 0.15) is 0 Å². The molecule has 0 atom stereocenters. The summed E-state index contributed by atoms with van der Waals surface area (Å²) in [6, 6.07) is 2.21. The first kappa shape index (κ1) is 9.71. The van der Waals surface area contributed by atoms with Gasteiger partial charge in [-0.15, -0.1) is 11.3 Å². The van der Waals surface area contributed by atoms with Crippen LogP contribution in [-0.4, -0.2) is 20.3 Å². The highest BCUT2D eigenvalue weighted by molar-refractivity contribution is 7.10. The van der Waals surface area contributed by atoms with E-state index >= 15 is 0 Å². The Labute approximate surface area is 77.6 Å². The van der Waals surface area contributed by atoms with Crippen LogP contribution in [0.1, 0.15) is 10.4 Å². The lowest BCUT2D eigenvalue weighted by Crippen LogP contribution is -2.17. The molecule has 1 heterocycles. The van der Waals surface area contributed by atoms with E-state index in [-0.39, 0.29) is 0 Å². The van der Waals surface area contributed by atoms with Gasteiger partial charge in [-0.1, -0.05) is 0 Å². The van der Waals surface area contributed by atoms with Crippen molar-refractivity contribution in [1.82, 2.24) is 5.32 Å². The Bertz CT molecular complexity index is 222. The first-order chi connectivity index (χ1) is 5.83. The lowest BCUT2D eigenvalue weighted by atomic mass is 10.3. The summed E-state index contributed by atoms with van der Waals surface area (Å²) in [5.41, 5.74) is 1.35. The molecule has 0 saturated heterocycles. The van der Waals surface area contributed by atoms with E-state index in [4.69, 9.17) is 4.74 Å². The van der Waals surface area contributed by atoms with Crippen molar-refractivity contribution in [3.05, 3.63) is 21.9 Å². The summed E-state index contributed by atoms with van der Waals surface area (Å²) in [5, 5.41) is 5.48. The number of rotatable bonds is 5.